The number of amides is 1. The number of fused-ring (bicyclic) bond motifs is 1. The minimum atomic E-state index is -0.285. The third-order valence-electron chi connectivity index (χ3n) is 4.26. The average molecular weight is 351 g/mol. The number of benzene rings is 1. The zero-order valence-electron chi connectivity index (χ0n) is 13.9. The Labute approximate surface area is 146 Å². The molecule has 1 saturated carbocycles. The number of hydrogen-bond acceptors (Lipinski definition) is 4. The third-order valence-corrected chi connectivity index (χ3v) is 4.26. The number of nitrogens with zero attached hydrogens (tertiary/aromatic N) is 2. The molecule has 130 valence electrons. The number of rotatable bonds is 5. The Kier molecular flexibility index (Phi) is 5.62. The van der Waals surface area contributed by atoms with Gasteiger partial charge in [-0.3, -0.25) is 9.59 Å². The number of carbonyl (C=O) groups excluding carboxylic acids is 1. The second kappa shape index (κ2) is 7.32. The number of carbonyl (C=O) groups is 1. The van der Waals surface area contributed by atoms with Crippen LogP contribution in [-0.2, 0) is 0 Å². The van der Waals surface area contributed by atoms with Crippen molar-refractivity contribution in [2.75, 3.05) is 6.54 Å². The van der Waals surface area contributed by atoms with Crippen LogP contribution >= 0.6 is 12.4 Å². The summed E-state index contributed by atoms with van der Waals surface area (Å²) >= 11 is 0. The van der Waals surface area contributed by atoms with Gasteiger partial charge < -0.3 is 11.1 Å². The van der Waals surface area contributed by atoms with Gasteiger partial charge in [-0.2, -0.15) is 5.10 Å². The number of nitrogens with one attached hydrogen (secondary N) is 1. The van der Waals surface area contributed by atoms with E-state index in [0.29, 0.717) is 23.2 Å². The zero-order valence-corrected chi connectivity index (χ0v) is 14.7. The van der Waals surface area contributed by atoms with Crippen molar-refractivity contribution in [3.05, 3.63) is 40.3 Å². The van der Waals surface area contributed by atoms with E-state index < -0.39 is 0 Å². The summed E-state index contributed by atoms with van der Waals surface area (Å²) in [6, 6.07) is 6.94. The van der Waals surface area contributed by atoms with E-state index in [1.807, 2.05) is 13.8 Å². The van der Waals surface area contributed by atoms with Crippen molar-refractivity contribution in [2.24, 2.45) is 11.7 Å². The van der Waals surface area contributed by atoms with Gasteiger partial charge in [0.15, 0.2) is 5.69 Å². The third kappa shape index (κ3) is 3.60. The number of aromatic nitrogens is 2. The van der Waals surface area contributed by atoms with Crippen molar-refractivity contribution in [3.63, 3.8) is 0 Å². The van der Waals surface area contributed by atoms with Gasteiger partial charge in [0.2, 0.25) is 0 Å². The topological polar surface area (TPSA) is 90.0 Å². The largest absolute Gasteiger partial charge is 0.349 e. The van der Waals surface area contributed by atoms with Crippen LogP contribution in [0.3, 0.4) is 0 Å². The van der Waals surface area contributed by atoms with E-state index in [-0.39, 0.29) is 41.7 Å². The molecular formula is C17H23ClN4O2. The van der Waals surface area contributed by atoms with E-state index in [0.717, 1.165) is 12.8 Å². The maximum absolute atomic E-state index is 12.5. The minimum Gasteiger partial charge on any atom is -0.349 e. The highest BCUT2D eigenvalue weighted by atomic mass is 35.5. The van der Waals surface area contributed by atoms with Gasteiger partial charge in [0.1, 0.15) is 0 Å². The molecule has 3 rings (SSSR count). The quantitative estimate of drug-likeness (QED) is 0.861. The molecule has 1 aliphatic rings. The molecular weight excluding hydrogens is 328 g/mol. The summed E-state index contributed by atoms with van der Waals surface area (Å²) in [6.45, 7) is 4.17. The van der Waals surface area contributed by atoms with E-state index in [1.54, 1.807) is 24.3 Å². The Morgan fingerprint density at radius 2 is 1.96 bits per heavy atom. The maximum Gasteiger partial charge on any atom is 0.274 e. The van der Waals surface area contributed by atoms with Crippen LogP contribution in [0.25, 0.3) is 10.8 Å². The highest BCUT2D eigenvalue weighted by Gasteiger charge is 2.29. The predicted octanol–water partition coefficient (Wildman–Crippen LogP) is 1.87. The van der Waals surface area contributed by atoms with Gasteiger partial charge in [0.25, 0.3) is 11.5 Å². The van der Waals surface area contributed by atoms with Gasteiger partial charge in [-0.1, -0.05) is 18.2 Å². The highest BCUT2D eigenvalue weighted by molar-refractivity contribution is 6.04. The molecule has 0 aliphatic heterocycles. The van der Waals surface area contributed by atoms with Crippen molar-refractivity contribution in [1.29, 1.82) is 0 Å². The van der Waals surface area contributed by atoms with Crippen molar-refractivity contribution < 1.29 is 4.79 Å². The molecule has 6 nitrogen and oxygen atoms in total. The van der Waals surface area contributed by atoms with Crippen molar-refractivity contribution >= 4 is 29.1 Å². The van der Waals surface area contributed by atoms with Crippen molar-refractivity contribution in [2.45, 2.75) is 38.8 Å². The Morgan fingerprint density at radius 1 is 1.33 bits per heavy atom. The second-order valence-electron chi connectivity index (χ2n) is 6.45. The summed E-state index contributed by atoms with van der Waals surface area (Å²) in [7, 11) is 0. The maximum atomic E-state index is 12.5. The molecule has 1 fully saturated rings. The smallest absolute Gasteiger partial charge is 0.274 e. The molecule has 1 unspecified atom stereocenters. The molecule has 0 bridgehead atoms. The van der Waals surface area contributed by atoms with Gasteiger partial charge in [0.05, 0.1) is 11.4 Å². The lowest BCUT2D eigenvalue weighted by Gasteiger charge is -2.15. The molecule has 2 aromatic rings. The van der Waals surface area contributed by atoms with Crippen LogP contribution < -0.4 is 16.6 Å². The lowest BCUT2D eigenvalue weighted by molar-refractivity contribution is 0.0944. The Bertz CT molecular complexity index is 799. The van der Waals surface area contributed by atoms with E-state index >= 15 is 0 Å². The zero-order chi connectivity index (χ0) is 16.6. The van der Waals surface area contributed by atoms with Crippen LogP contribution in [0.5, 0.6) is 0 Å². The van der Waals surface area contributed by atoms with Crippen LogP contribution in [0.2, 0.25) is 0 Å². The number of nitrogens with two attached hydrogens (primary N) is 1. The predicted molar refractivity (Wildman–Crippen MR) is 96.7 cm³/mol. The lowest BCUT2D eigenvalue weighted by atomic mass is 10.1. The first-order chi connectivity index (χ1) is 11.0. The highest BCUT2D eigenvalue weighted by Crippen LogP contribution is 2.31. The van der Waals surface area contributed by atoms with Crippen LogP contribution in [-0.4, -0.2) is 28.3 Å². The normalized spacial score (nSPS) is 15.2. The lowest BCUT2D eigenvalue weighted by Crippen LogP contribution is -2.39. The molecule has 7 heteroatoms. The van der Waals surface area contributed by atoms with E-state index in [1.165, 1.54) is 4.68 Å². The Balaban J connectivity index is 0.00000208. The van der Waals surface area contributed by atoms with Crippen LogP contribution in [0.4, 0.5) is 0 Å². The van der Waals surface area contributed by atoms with Crippen LogP contribution in [0.1, 0.15) is 43.2 Å². The molecule has 1 heterocycles. The van der Waals surface area contributed by atoms with E-state index in [9.17, 15) is 9.59 Å². The molecule has 0 spiro atoms. The van der Waals surface area contributed by atoms with Crippen LogP contribution in [0, 0.1) is 5.92 Å². The molecule has 1 atom stereocenters. The molecule has 24 heavy (non-hydrogen) atoms. The first-order valence-corrected chi connectivity index (χ1v) is 8.04. The monoisotopic (exact) mass is 350 g/mol. The summed E-state index contributed by atoms with van der Waals surface area (Å²) in [5.41, 5.74) is 6.13. The summed E-state index contributed by atoms with van der Waals surface area (Å²) < 4.78 is 1.36. The summed E-state index contributed by atoms with van der Waals surface area (Å²) in [6.07, 6.45) is 2.27. The Morgan fingerprint density at radius 3 is 2.54 bits per heavy atom. The average Bonchev–Trinajstić information content (AvgIpc) is 3.37. The van der Waals surface area contributed by atoms with Gasteiger partial charge in [-0.25, -0.2) is 4.68 Å². The minimum absolute atomic E-state index is 0. The molecule has 0 saturated heterocycles. The fraction of sp³-hybridized carbons (Fsp3) is 0.471. The SMILES string of the molecule is CC(C)n1nc(C(=O)NCC(N)C2CC2)c2ccccc2c1=O.Cl. The van der Waals surface area contributed by atoms with Crippen LogP contribution in [0.15, 0.2) is 29.1 Å². The number of hydrogen-bond donors (Lipinski definition) is 2. The van der Waals surface area contributed by atoms with E-state index in [2.05, 4.69) is 10.4 Å². The molecule has 1 aromatic carbocycles. The second-order valence-corrected chi connectivity index (χ2v) is 6.45. The van der Waals surface area contributed by atoms with E-state index in [4.69, 9.17) is 5.73 Å². The fourth-order valence-electron chi connectivity index (χ4n) is 2.71. The fourth-order valence-corrected chi connectivity index (χ4v) is 2.71. The van der Waals surface area contributed by atoms with Crippen molar-refractivity contribution in [1.82, 2.24) is 15.1 Å². The first kappa shape index (κ1) is 18.4. The first-order valence-electron chi connectivity index (χ1n) is 8.04. The summed E-state index contributed by atoms with van der Waals surface area (Å²) in [4.78, 5) is 25.0. The molecule has 3 N–H and O–H groups in total. The van der Waals surface area contributed by atoms with Gasteiger partial charge >= 0.3 is 0 Å². The molecule has 1 aliphatic carbocycles. The van der Waals surface area contributed by atoms with Gasteiger partial charge in [0, 0.05) is 18.0 Å². The molecule has 1 amide bonds. The van der Waals surface area contributed by atoms with Crippen molar-refractivity contribution in [3.8, 4) is 0 Å². The van der Waals surface area contributed by atoms with Gasteiger partial charge in [-0.05, 0) is 38.7 Å². The summed E-state index contributed by atoms with van der Waals surface area (Å²) in [5, 5.41) is 8.23. The standard InChI is InChI=1S/C17H22N4O2.ClH/c1-10(2)21-17(23)13-6-4-3-5-12(13)15(20-21)16(22)19-9-14(18)11-7-8-11;/h3-6,10-11,14H,7-9,18H2,1-2H3,(H,19,22);1H. The summed E-state index contributed by atoms with van der Waals surface area (Å²) in [5.74, 6) is 0.233. The Hall–Kier alpha value is -1.92. The molecule has 1 aromatic heterocycles. The number of halogens is 1. The van der Waals surface area contributed by atoms with Gasteiger partial charge in [-0.15, -0.1) is 12.4 Å². The molecule has 0 radical (unpaired) electrons.